The molecule has 0 aliphatic heterocycles. The molecule has 0 radical (unpaired) electrons. The number of rotatable bonds is 2. The summed E-state index contributed by atoms with van der Waals surface area (Å²) < 4.78 is 0. The van der Waals surface area contributed by atoms with E-state index in [9.17, 15) is 0 Å². The molecule has 0 bridgehead atoms. The van der Waals surface area contributed by atoms with Crippen LogP contribution in [0.5, 0.6) is 0 Å². The smallest absolute Gasteiger partial charge is 0.0711 e. The molecule has 1 aliphatic rings. The zero-order chi connectivity index (χ0) is 10.1. The first-order valence-electron chi connectivity index (χ1n) is 5.07. The van der Waals surface area contributed by atoms with Crippen LogP contribution in [0.3, 0.4) is 0 Å². The zero-order valence-electron chi connectivity index (χ0n) is 8.27. The van der Waals surface area contributed by atoms with Crippen molar-refractivity contribution < 1.29 is 0 Å². The maximum atomic E-state index is 3.23. The zero-order valence-corrected chi connectivity index (χ0v) is 8.27. The van der Waals surface area contributed by atoms with E-state index in [0.29, 0.717) is 0 Å². The van der Waals surface area contributed by atoms with Crippen molar-refractivity contribution in [1.82, 2.24) is 0 Å². The van der Waals surface area contributed by atoms with Gasteiger partial charge in [0.1, 0.15) is 5.41 Å². The van der Waals surface area contributed by atoms with E-state index in [-0.39, 0.29) is 5.41 Å². The summed E-state index contributed by atoms with van der Waals surface area (Å²) in [7, 11) is 0. The fraction of sp³-hybridized carbons (Fsp3) is 0.0667. The number of benzene rings is 2. The molecule has 0 saturated heterocycles. The van der Waals surface area contributed by atoms with Crippen molar-refractivity contribution in [3.8, 4) is 11.8 Å². The van der Waals surface area contributed by atoms with Crippen LogP contribution in [-0.2, 0) is 5.41 Å². The lowest BCUT2D eigenvalue weighted by molar-refractivity contribution is 0.955. The molecule has 0 aromatic heterocycles. The molecule has 0 unspecified atom stereocenters. The molecular weight excluding hydrogens is 180 g/mol. The Bertz CT molecular complexity index is 477. The highest BCUT2D eigenvalue weighted by molar-refractivity contribution is 5.66. The van der Waals surface area contributed by atoms with Crippen molar-refractivity contribution >= 4 is 0 Å². The van der Waals surface area contributed by atoms with Crippen LogP contribution in [0.2, 0.25) is 0 Å². The Balaban J connectivity index is 2.07. The molecule has 2 aromatic carbocycles. The van der Waals surface area contributed by atoms with Gasteiger partial charge < -0.3 is 0 Å². The minimum Gasteiger partial charge on any atom is -0.0711 e. The monoisotopic (exact) mass is 190 g/mol. The molecule has 0 nitrogen and oxygen atoms in total. The van der Waals surface area contributed by atoms with E-state index in [1.54, 1.807) is 0 Å². The third-order valence-corrected chi connectivity index (χ3v) is 2.79. The average Bonchev–Trinajstić information content (AvgIpc) is 3.13. The van der Waals surface area contributed by atoms with Gasteiger partial charge in [0, 0.05) is 0 Å². The summed E-state index contributed by atoms with van der Waals surface area (Å²) in [5.41, 5.74) is 2.33. The molecule has 3 rings (SSSR count). The maximum absolute atomic E-state index is 3.23. The van der Waals surface area contributed by atoms with Gasteiger partial charge in [-0.15, -0.1) is 0 Å². The van der Waals surface area contributed by atoms with Crippen LogP contribution < -0.4 is 0 Å². The van der Waals surface area contributed by atoms with Gasteiger partial charge in [-0.3, -0.25) is 0 Å². The van der Waals surface area contributed by atoms with Gasteiger partial charge in [0.15, 0.2) is 0 Å². The lowest BCUT2D eigenvalue weighted by Gasteiger charge is -2.14. The fourth-order valence-corrected chi connectivity index (χ4v) is 1.89. The van der Waals surface area contributed by atoms with E-state index in [4.69, 9.17) is 0 Å². The standard InChI is InChI=1S/C15H10/c1-3-7-13(8-4-1)15(11-12-15)14-9-5-2-6-10-14/h1-10H. The second kappa shape index (κ2) is 3.00. The first-order valence-corrected chi connectivity index (χ1v) is 5.07. The fourth-order valence-electron chi connectivity index (χ4n) is 1.89. The van der Waals surface area contributed by atoms with Gasteiger partial charge in [-0.1, -0.05) is 72.5 Å². The van der Waals surface area contributed by atoms with Crippen molar-refractivity contribution in [2.24, 2.45) is 0 Å². The molecule has 0 atom stereocenters. The van der Waals surface area contributed by atoms with E-state index in [1.807, 2.05) is 12.1 Å². The third-order valence-electron chi connectivity index (χ3n) is 2.79. The van der Waals surface area contributed by atoms with Crippen molar-refractivity contribution in [2.75, 3.05) is 0 Å². The van der Waals surface area contributed by atoms with Crippen molar-refractivity contribution in [3.63, 3.8) is 0 Å². The summed E-state index contributed by atoms with van der Waals surface area (Å²) in [6.07, 6.45) is 0. The second-order valence-corrected chi connectivity index (χ2v) is 3.73. The Morgan fingerprint density at radius 1 is 0.600 bits per heavy atom. The van der Waals surface area contributed by atoms with Gasteiger partial charge in [-0.25, -0.2) is 0 Å². The van der Waals surface area contributed by atoms with Crippen molar-refractivity contribution in [3.05, 3.63) is 71.8 Å². The van der Waals surface area contributed by atoms with Crippen LogP contribution >= 0.6 is 0 Å². The summed E-state index contributed by atoms with van der Waals surface area (Å²) in [5.74, 6) is 6.46. The molecule has 2 aromatic rings. The number of hydrogen-bond donors (Lipinski definition) is 0. The Kier molecular flexibility index (Phi) is 1.66. The first kappa shape index (κ1) is 8.32. The second-order valence-electron chi connectivity index (χ2n) is 3.73. The predicted octanol–water partition coefficient (Wildman–Crippen LogP) is 2.99. The molecule has 0 heterocycles. The highest BCUT2D eigenvalue weighted by Gasteiger charge is 2.37. The van der Waals surface area contributed by atoms with Crippen LogP contribution in [0.4, 0.5) is 0 Å². The highest BCUT2D eigenvalue weighted by atomic mass is 14.4. The van der Waals surface area contributed by atoms with E-state index in [1.165, 1.54) is 11.1 Å². The molecule has 0 heteroatoms. The normalized spacial score (nSPS) is 15.2. The van der Waals surface area contributed by atoms with Gasteiger partial charge in [0.25, 0.3) is 0 Å². The van der Waals surface area contributed by atoms with Crippen molar-refractivity contribution in [2.45, 2.75) is 5.41 Å². The predicted molar refractivity (Wildman–Crippen MR) is 61.4 cm³/mol. The van der Waals surface area contributed by atoms with Crippen LogP contribution in [0.25, 0.3) is 0 Å². The van der Waals surface area contributed by atoms with Crippen LogP contribution in [0.1, 0.15) is 11.1 Å². The topological polar surface area (TPSA) is 0 Å². The largest absolute Gasteiger partial charge is 0.142 e. The summed E-state index contributed by atoms with van der Waals surface area (Å²) in [6, 6.07) is 20.8. The van der Waals surface area contributed by atoms with Gasteiger partial charge in [-0.2, -0.15) is 0 Å². The average molecular weight is 190 g/mol. The van der Waals surface area contributed by atoms with E-state index in [2.05, 4.69) is 60.4 Å². The maximum Gasteiger partial charge on any atom is 0.142 e. The molecule has 0 N–H and O–H groups in total. The summed E-state index contributed by atoms with van der Waals surface area (Å²) in [5, 5.41) is 0. The Hall–Kier alpha value is -2.00. The lowest BCUT2D eigenvalue weighted by Crippen LogP contribution is -2.12. The molecule has 0 spiro atoms. The minimum absolute atomic E-state index is 0.164. The van der Waals surface area contributed by atoms with Gasteiger partial charge in [-0.05, 0) is 11.1 Å². The minimum atomic E-state index is -0.164. The SMILES string of the molecule is C1#CC1(c1ccccc1)c1ccccc1. The molecule has 0 fully saturated rings. The van der Waals surface area contributed by atoms with E-state index >= 15 is 0 Å². The Labute approximate surface area is 89.6 Å². The van der Waals surface area contributed by atoms with Crippen LogP contribution in [0.15, 0.2) is 60.7 Å². The Morgan fingerprint density at radius 2 is 1.00 bits per heavy atom. The van der Waals surface area contributed by atoms with E-state index in [0.717, 1.165) is 0 Å². The molecule has 0 saturated carbocycles. The van der Waals surface area contributed by atoms with Crippen LogP contribution in [0, 0.1) is 11.8 Å². The Morgan fingerprint density at radius 3 is 1.33 bits per heavy atom. The molecule has 1 aliphatic carbocycles. The van der Waals surface area contributed by atoms with Crippen molar-refractivity contribution in [1.29, 1.82) is 0 Å². The van der Waals surface area contributed by atoms with Crippen LogP contribution in [-0.4, -0.2) is 0 Å². The molecular formula is C15H10. The quantitative estimate of drug-likeness (QED) is 0.639. The molecule has 15 heavy (non-hydrogen) atoms. The van der Waals surface area contributed by atoms with Gasteiger partial charge in [0.2, 0.25) is 0 Å². The first-order chi connectivity index (χ1) is 7.42. The summed E-state index contributed by atoms with van der Waals surface area (Å²) in [4.78, 5) is 0. The number of hydrogen-bond acceptors (Lipinski definition) is 0. The molecule has 70 valence electrons. The summed E-state index contributed by atoms with van der Waals surface area (Å²) >= 11 is 0. The van der Waals surface area contributed by atoms with E-state index < -0.39 is 0 Å². The summed E-state index contributed by atoms with van der Waals surface area (Å²) in [6.45, 7) is 0. The molecule has 0 amide bonds. The third kappa shape index (κ3) is 1.25. The van der Waals surface area contributed by atoms with Gasteiger partial charge in [0.05, 0.1) is 0 Å². The highest BCUT2D eigenvalue weighted by Crippen LogP contribution is 2.37. The lowest BCUT2D eigenvalue weighted by atomic mass is 9.85. The van der Waals surface area contributed by atoms with Gasteiger partial charge >= 0.3 is 0 Å².